The Hall–Kier alpha value is -3.94. The maximum absolute atomic E-state index is 12.4. The maximum atomic E-state index is 12.4. The van der Waals surface area contributed by atoms with E-state index in [1.54, 1.807) is 36.4 Å². The van der Waals surface area contributed by atoms with Crippen molar-refractivity contribution in [3.05, 3.63) is 82.8 Å². The van der Waals surface area contributed by atoms with Crippen LogP contribution < -0.4 is 16.8 Å². The van der Waals surface area contributed by atoms with Crippen LogP contribution in [0.1, 0.15) is 37.7 Å². The number of nitrogen functional groups attached to an aromatic ring is 1. The van der Waals surface area contributed by atoms with Crippen molar-refractivity contribution in [1.82, 2.24) is 15.3 Å². The molecule has 0 spiro atoms. The van der Waals surface area contributed by atoms with Crippen molar-refractivity contribution >= 4 is 17.6 Å². The molecule has 3 aromatic rings. The molecule has 0 aliphatic heterocycles. The minimum Gasteiger partial charge on any atom is -0.508 e. The highest BCUT2D eigenvalue weighted by molar-refractivity contribution is 5.95. The number of carbonyl (C=O) groups excluding carboxylic acids is 2. The van der Waals surface area contributed by atoms with Crippen LogP contribution >= 0.6 is 0 Å². The molecule has 8 nitrogen and oxygen atoms in total. The molecule has 8 heteroatoms. The summed E-state index contributed by atoms with van der Waals surface area (Å²) in [5.74, 6) is -0.858. The van der Waals surface area contributed by atoms with Gasteiger partial charge in [0, 0.05) is 18.5 Å². The van der Waals surface area contributed by atoms with Gasteiger partial charge in [0.15, 0.2) is 11.5 Å². The summed E-state index contributed by atoms with van der Waals surface area (Å²) in [6.07, 6.45) is 1.83. The number of benzene rings is 2. The second-order valence-corrected chi connectivity index (χ2v) is 6.19. The van der Waals surface area contributed by atoms with Gasteiger partial charge in [-0.05, 0) is 35.4 Å². The quantitative estimate of drug-likeness (QED) is 0.511. The van der Waals surface area contributed by atoms with Gasteiger partial charge in [-0.25, -0.2) is 9.97 Å². The zero-order valence-electron chi connectivity index (χ0n) is 14.9. The van der Waals surface area contributed by atoms with Gasteiger partial charge >= 0.3 is 0 Å². The van der Waals surface area contributed by atoms with Gasteiger partial charge in [0.25, 0.3) is 11.8 Å². The predicted molar refractivity (Wildman–Crippen MR) is 103 cm³/mol. The standard InChI is InChI=1S/C20H19N5O3/c21-18-17(19(22)27)25-15(11-23-18)8-12-3-1-5-14(7-12)20(28)24-10-13-4-2-6-16(26)9-13/h1-7,9,11,26H,8,10H2,(H2,21,23)(H2,22,27)(H,24,28). The van der Waals surface area contributed by atoms with Gasteiger partial charge in [-0.15, -0.1) is 0 Å². The third kappa shape index (κ3) is 4.61. The minimum atomic E-state index is -0.744. The number of nitrogens with two attached hydrogens (primary N) is 2. The van der Waals surface area contributed by atoms with Crippen molar-refractivity contribution in [2.24, 2.45) is 5.73 Å². The normalized spacial score (nSPS) is 10.4. The summed E-state index contributed by atoms with van der Waals surface area (Å²) < 4.78 is 0. The Morgan fingerprint density at radius 1 is 1.07 bits per heavy atom. The van der Waals surface area contributed by atoms with Crippen LogP contribution in [-0.2, 0) is 13.0 Å². The van der Waals surface area contributed by atoms with Gasteiger partial charge in [-0.2, -0.15) is 0 Å². The molecule has 0 aliphatic rings. The molecule has 0 saturated carbocycles. The number of primary amides is 1. The summed E-state index contributed by atoms with van der Waals surface area (Å²) in [7, 11) is 0. The van der Waals surface area contributed by atoms with Crippen molar-refractivity contribution in [1.29, 1.82) is 0 Å². The Balaban J connectivity index is 1.70. The second kappa shape index (κ2) is 8.17. The van der Waals surface area contributed by atoms with Crippen molar-refractivity contribution in [2.75, 3.05) is 5.73 Å². The number of carbonyl (C=O) groups is 2. The average Bonchev–Trinajstić information content (AvgIpc) is 2.67. The molecule has 3 rings (SSSR count). The zero-order valence-corrected chi connectivity index (χ0v) is 14.9. The average molecular weight is 377 g/mol. The van der Waals surface area contributed by atoms with Gasteiger partial charge in [0.05, 0.1) is 11.9 Å². The molecule has 0 fully saturated rings. The summed E-state index contributed by atoms with van der Waals surface area (Å²) in [4.78, 5) is 31.8. The second-order valence-electron chi connectivity index (χ2n) is 6.19. The largest absolute Gasteiger partial charge is 0.508 e. The van der Waals surface area contributed by atoms with Crippen molar-refractivity contribution in [2.45, 2.75) is 13.0 Å². The number of aromatic hydroxyl groups is 1. The smallest absolute Gasteiger partial charge is 0.271 e. The van der Waals surface area contributed by atoms with Crippen LogP contribution in [0.15, 0.2) is 54.7 Å². The molecule has 0 radical (unpaired) electrons. The first kappa shape index (κ1) is 18.8. The maximum Gasteiger partial charge on any atom is 0.271 e. The van der Waals surface area contributed by atoms with E-state index in [1.165, 1.54) is 6.20 Å². The Morgan fingerprint density at radius 3 is 2.57 bits per heavy atom. The third-order valence-corrected chi connectivity index (χ3v) is 4.02. The molecule has 0 aliphatic carbocycles. The molecule has 6 N–H and O–H groups in total. The van der Waals surface area contributed by atoms with Crippen LogP contribution in [0, 0.1) is 0 Å². The molecule has 2 amide bonds. The van der Waals surface area contributed by atoms with Crippen LogP contribution in [-0.4, -0.2) is 26.9 Å². The number of amides is 2. The first-order chi connectivity index (χ1) is 13.4. The van der Waals surface area contributed by atoms with E-state index in [0.717, 1.165) is 11.1 Å². The number of nitrogens with zero attached hydrogens (tertiary/aromatic N) is 2. The van der Waals surface area contributed by atoms with Crippen molar-refractivity contribution in [3.63, 3.8) is 0 Å². The van der Waals surface area contributed by atoms with Crippen molar-refractivity contribution in [3.8, 4) is 5.75 Å². The highest BCUT2D eigenvalue weighted by atomic mass is 16.3. The van der Waals surface area contributed by atoms with Crippen LogP contribution in [0.2, 0.25) is 0 Å². The molecular weight excluding hydrogens is 358 g/mol. The van der Waals surface area contributed by atoms with E-state index in [1.807, 2.05) is 12.1 Å². The number of phenols is 1. The molecule has 2 aromatic carbocycles. The number of hydrogen-bond acceptors (Lipinski definition) is 6. The van der Waals surface area contributed by atoms with E-state index in [9.17, 15) is 14.7 Å². The number of rotatable bonds is 6. The molecule has 0 atom stereocenters. The lowest BCUT2D eigenvalue weighted by Crippen LogP contribution is -2.22. The zero-order chi connectivity index (χ0) is 20.1. The summed E-state index contributed by atoms with van der Waals surface area (Å²) >= 11 is 0. The summed E-state index contributed by atoms with van der Waals surface area (Å²) in [5, 5.41) is 12.3. The molecule has 28 heavy (non-hydrogen) atoms. The van der Waals surface area contributed by atoms with Gasteiger partial charge in [0.1, 0.15) is 5.75 Å². The van der Waals surface area contributed by atoms with Gasteiger partial charge in [0.2, 0.25) is 0 Å². The Bertz CT molecular complexity index is 1040. The fraction of sp³-hybridized carbons (Fsp3) is 0.100. The Kier molecular flexibility index (Phi) is 5.50. The third-order valence-electron chi connectivity index (χ3n) is 4.02. The van der Waals surface area contributed by atoms with E-state index in [2.05, 4.69) is 15.3 Å². The fourth-order valence-corrected chi connectivity index (χ4v) is 2.68. The van der Waals surface area contributed by atoms with E-state index < -0.39 is 5.91 Å². The Morgan fingerprint density at radius 2 is 1.82 bits per heavy atom. The van der Waals surface area contributed by atoms with Crippen molar-refractivity contribution < 1.29 is 14.7 Å². The highest BCUT2D eigenvalue weighted by Gasteiger charge is 2.12. The van der Waals surface area contributed by atoms with E-state index in [-0.39, 0.29) is 23.2 Å². The molecule has 0 saturated heterocycles. The highest BCUT2D eigenvalue weighted by Crippen LogP contribution is 2.13. The molecule has 0 bridgehead atoms. The van der Waals surface area contributed by atoms with Crippen LogP contribution in [0.4, 0.5) is 5.82 Å². The first-order valence-electron chi connectivity index (χ1n) is 8.48. The molecule has 142 valence electrons. The monoisotopic (exact) mass is 377 g/mol. The lowest BCUT2D eigenvalue weighted by atomic mass is 10.1. The van der Waals surface area contributed by atoms with Crippen LogP contribution in [0.5, 0.6) is 5.75 Å². The lowest BCUT2D eigenvalue weighted by molar-refractivity contribution is 0.0949. The molecular formula is C20H19N5O3. The van der Waals surface area contributed by atoms with Gasteiger partial charge in [-0.3, -0.25) is 9.59 Å². The molecule has 0 unspecified atom stereocenters. The van der Waals surface area contributed by atoms with E-state index in [0.29, 0.717) is 24.2 Å². The topological polar surface area (TPSA) is 144 Å². The fourth-order valence-electron chi connectivity index (χ4n) is 2.68. The van der Waals surface area contributed by atoms with Gasteiger partial charge in [-0.1, -0.05) is 24.3 Å². The predicted octanol–water partition coefficient (Wildman–Crippen LogP) is 1.38. The van der Waals surface area contributed by atoms with E-state index >= 15 is 0 Å². The minimum absolute atomic E-state index is 0.0173. The summed E-state index contributed by atoms with van der Waals surface area (Å²) in [6.45, 7) is 0.295. The number of anilines is 1. The lowest BCUT2D eigenvalue weighted by Gasteiger charge is -2.08. The van der Waals surface area contributed by atoms with Crippen LogP contribution in [0.25, 0.3) is 0 Å². The number of hydrogen-bond donors (Lipinski definition) is 4. The number of aromatic nitrogens is 2. The molecule has 1 aromatic heterocycles. The van der Waals surface area contributed by atoms with Crippen LogP contribution in [0.3, 0.4) is 0 Å². The summed E-state index contributed by atoms with van der Waals surface area (Å²) in [6, 6.07) is 13.7. The van der Waals surface area contributed by atoms with Gasteiger partial charge < -0.3 is 21.9 Å². The Labute approximate surface area is 161 Å². The summed E-state index contributed by atoms with van der Waals surface area (Å²) in [5.41, 5.74) is 13.4. The number of nitrogens with one attached hydrogen (secondary N) is 1. The van der Waals surface area contributed by atoms with E-state index in [4.69, 9.17) is 11.5 Å². The number of phenolic OH excluding ortho intramolecular Hbond substituents is 1. The SMILES string of the molecule is NC(=O)c1nc(Cc2cccc(C(=O)NCc3cccc(O)c3)c2)cnc1N. The molecule has 1 heterocycles. The first-order valence-corrected chi connectivity index (χ1v) is 8.48.